The first-order chi connectivity index (χ1) is 14.0. The molecule has 1 atom stereocenters. The van der Waals surface area contributed by atoms with Crippen molar-refractivity contribution in [2.24, 2.45) is 4.99 Å². The van der Waals surface area contributed by atoms with Gasteiger partial charge in [-0.1, -0.05) is 0 Å². The highest BCUT2D eigenvalue weighted by Gasteiger charge is 2.13. The molecule has 164 valence electrons. The fourth-order valence-corrected chi connectivity index (χ4v) is 5.31. The lowest BCUT2D eigenvalue weighted by Gasteiger charge is -2.21. The van der Waals surface area contributed by atoms with Crippen molar-refractivity contribution in [3.05, 3.63) is 43.5 Å². The standard InChI is InChI=1S/C20H27N5OS3.HI/c1-13(26-5)19-24-15(11-28-19)10-25(4)20(21-3)22-9-8-16-6-7-18(29-16)17-12-27-14(2)23-17;/h6-7,11-13H,8-10H2,1-5H3,(H,21,22);1H. The number of methoxy groups -OCH3 is 1. The van der Waals surface area contributed by atoms with Gasteiger partial charge in [-0.25, -0.2) is 9.97 Å². The quantitative estimate of drug-likeness (QED) is 0.226. The molecule has 0 radical (unpaired) electrons. The molecule has 0 saturated heterocycles. The van der Waals surface area contributed by atoms with Gasteiger partial charge in [0, 0.05) is 43.4 Å². The first-order valence-electron chi connectivity index (χ1n) is 9.40. The number of halogens is 1. The summed E-state index contributed by atoms with van der Waals surface area (Å²) in [6.45, 7) is 5.59. The molecule has 0 saturated carbocycles. The lowest BCUT2D eigenvalue weighted by Crippen LogP contribution is -2.39. The second-order valence-electron chi connectivity index (χ2n) is 6.65. The van der Waals surface area contributed by atoms with Crippen molar-refractivity contribution >= 4 is 63.9 Å². The molecule has 0 aliphatic heterocycles. The van der Waals surface area contributed by atoms with E-state index in [1.165, 1.54) is 9.75 Å². The Morgan fingerprint density at radius 2 is 2.07 bits per heavy atom. The third kappa shape index (κ3) is 6.71. The molecule has 3 aromatic heterocycles. The fourth-order valence-electron chi connectivity index (χ4n) is 2.81. The number of guanidine groups is 1. The van der Waals surface area contributed by atoms with Gasteiger partial charge in [0.15, 0.2) is 5.96 Å². The third-order valence-electron chi connectivity index (χ3n) is 4.43. The molecular weight excluding hydrogens is 549 g/mol. The number of aliphatic imine (C=N–C) groups is 1. The van der Waals surface area contributed by atoms with Crippen LogP contribution in [-0.2, 0) is 17.7 Å². The number of nitrogens with one attached hydrogen (secondary N) is 1. The van der Waals surface area contributed by atoms with Crippen LogP contribution in [-0.4, -0.2) is 48.6 Å². The summed E-state index contributed by atoms with van der Waals surface area (Å²) < 4.78 is 5.35. The largest absolute Gasteiger partial charge is 0.375 e. The van der Waals surface area contributed by atoms with Crippen molar-refractivity contribution in [3.63, 3.8) is 0 Å². The van der Waals surface area contributed by atoms with Gasteiger partial charge in [-0.2, -0.15) is 0 Å². The smallest absolute Gasteiger partial charge is 0.193 e. The van der Waals surface area contributed by atoms with Crippen LogP contribution in [0.15, 0.2) is 27.9 Å². The monoisotopic (exact) mass is 577 g/mol. The van der Waals surface area contributed by atoms with Gasteiger partial charge in [0.1, 0.15) is 11.1 Å². The number of nitrogens with zero attached hydrogens (tertiary/aromatic N) is 4. The molecule has 3 rings (SSSR count). The molecule has 3 heterocycles. The van der Waals surface area contributed by atoms with Gasteiger partial charge in [0.25, 0.3) is 0 Å². The van der Waals surface area contributed by atoms with E-state index in [9.17, 15) is 0 Å². The van der Waals surface area contributed by atoms with Gasteiger partial charge < -0.3 is 15.0 Å². The van der Waals surface area contributed by atoms with Crippen LogP contribution in [0, 0.1) is 6.92 Å². The number of hydrogen-bond acceptors (Lipinski definition) is 7. The van der Waals surface area contributed by atoms with E-state index in [1.54, 1.807) is 29.8 Å². The summed E-state index contributed by atoms with van der Waals surface area (Å²) in [7, 11) is 5.55. The molecular formula is C20H28IN5OS3. The van der Waals surface area contributed by atoms with Gasteiger partial charge in [0.05, 0.1) is 27.8 Å². The SMILES string of the molecule is CN=C(NCCc1ccc(-c2csc(C)n2)s1)N(C)Cc1csc(C(C)OC)n1.I. The van der Waals surface area contributed by atoms with E-state index >= 15 is 0 Å². The number of hydrogen-bond donors (Lipinski definition) is 1. The molecule has 0 bridgehead atoms. The topological polar surface area (TPSA) is 62.6 Å². The highest BCUT2D eigenvalue weighted by molar-refractivity contribution is 14.0. The Kier molecular flexibility index (Phi) is 10.1. The molecule has 1 N–H and O–H groups in total. The zero-order valence-corrected chi connectivity index (χ0v) is 22.6. The van der Waals surface area contributed by atoms with E-state index in [0.717, 1.165) is 40.3 Å². The maximum Gasteiger partial charge on any atom is 0.193 e. The molecule has 0 spiro atoms. The Hall–Kier alpha value is -1.08. The van der Waals surface area contributed by atoms with Gasteiger partial charge in [0.2, 0.25) is 0 Å². The Morgan fingerprint density at radius 3 is 2.73 bits per heavy atom. The molecule has 10 heteroatoms. The van der Waals surface area contributed by atoms with Gasteiger partial charge >= 0.3 is 0 Å². The normalized spacial score (nSPS) is 12.5. The van der Waals surface area contributed by atoms with Crippen molar-refractivity contribution in [1.29, 1.82) is 0 Å². The number of rotatable bonds is 8. The summed E-state index contributed by atoms with van der Waals surface area (Å²) in [5, 5.41) is 9.77. The molecule has 0 fully saturated rings. The summed E-state index contributed by atoms with van der Waals surface area (Å²) in [5.41, 5.74) is 2.11. The maximum atomic E-state index is 5.35. The summed E-state index contributed by atoms with van der Waals surface area (Å²) in [6.07, 6.45) is 0.979. The molecule has 0 aromatic carbocycles. The second-order valence-corrected chi connectivity index (χ2v) is 9.77. The predicted octanol–water partition coefficient (Wildman–Crippen LogP) is 5.21. The summed E-state index contributed by atoms with van der Waals surface area (Å²) in [6, 6.07) is 4.35. The number of ether oxygens (including phenoxy) is 1. The Bertz CT molecular complexity index is 952. The van der Waals surface area contributed by atoms with Crippen molar-refractivity contribution in [1.82, 2.24) is 20.2 Å². The maximum absolute atomic E-state index is 5.35. The van der Waals surface area contributed by atoms with E-state index in [2.05, 4.69) is 48.1 Å². The number of thiophene rings is 1. The molecule has 30 heavy (non-hydrogen) atoms. The second kappa shape index (κ2) is 12.1. The van der Waals surface area contributed by atoms with Gasteiger partial charge in [-0.15, -0.1) is 58.0 Å². The van der Waals surface area contributed by atoms with E-state index in [4.69, 9.17) is 4.74 Å². The summed E-state index contributed by atoms with van der Waals surface area (Å²) >= 11 is 5.13. The zero-order valence-electron chi connectivity index (χ0n) is 17.8. The highest BCUT2D eigenvalue weighted by Crippen LogP contribution is 2.29. The van der Waals surface area contributed by atoms with Crippen LogP contribution in [0.5, 0.6) is 0 Å². The van der Waals surface area contributed by atoms with E-state index in [1.807, 2.05) is 39.3 Å². The molecule has 6 nitrogen and oxygen atoms in total. The Morgan fingerprint density at radius 1 is 1.27 bits per heavy atom. The van der Waals surface area contributed by atoms with Crippen LogP contribution in [0.25, 0.3) is 10.6 Å². The number of aryl methyl sites for hydroxylation is 1. The lowest BCUT2D eigenvalue weighted by atomic mass is 10.3. The van der Waals surface area contributed by atoms with Crippen molar-refractivity contribution in [2.75, 3.05) is 27.7 Å². The average molecular weight is 578 g/mol. The zero-order chi connectivity index (χ0) is 20.8. The van der Waals surface area contributed by atoms with E-state index < -0.39 is 0 Å². The van der Waals surface area contributed by atoms with Crippen LogP contribution < -0.4 is 5.32 Å². The van der Waals surface area contributed by atoms with Crippen LogP contribution in [0.1, 0.15) is 33.6 Å². The first kappa shape index (κ1) is 25.2. The predicted molar refractivity (Wildman–Crippen MR) is 140 cm³/mol. The van der Waals surface area contributed by atoms with Crippen LogP contribution in [0.4, 0.5) is 0 Å². The van der Waals surface area contributed by atoms with E-state index in [0.29, 0.717) is 6.54 Å². The average Bonchev–Trinajstić information content (AvgIpc) is 3.45. The minimum absolute atomic E-state index is 0. The molecule has 0 aliphatic rings. The Labute approximate surface area is 207 Å². The van der Waals surface area contributed by atoms with Gasteiger partial charge in [-0.3, -0.25) is 4.99 Å². The summed E-state index contributed by atoms with van der Waals surface area (Å²) in [5.74, 6) is 0.867. The van der Waals surface area contributed by atoms with E-state index in [-0.39, 0.29) is 30.1 Å². The van der Waals surface area contributed by atoms with Crippen LogP contribution >= 0.6 is 58.0 Å². The Balaban J connectivity index is 0.00000320. The van der Waals surface area contributed by atoms with Crippen molar-refractivity contribution in [3.8, 4) is 10.6 Å². The minimum atomic E-state index is 0. The molecule has 1 unspecified atom stereocenters. The number of aromatic nitrogens is 2. The minimum Gasteiger partial charge on any atom is -0.375 e. The number of thiazole rings is 2. The fraction of sp³-hybridized carbons (Fsp3) is 0.450. The summed E-state index contributed by atoms with van der Waals surface area (Å²) in [4.78, 5) is 18.3. The first-order valence-corrected chi connectivity index (χ1v) is 12.0. The van der Waals surface area contributed by atoms with Crippen LogP contribution in [0.2, 0.25) is 0 Å². The molecule has 3 aromatic rings. The third-order valence-corrected chi connectivity index (χ3v) is 7.43. The molecule has 0 aliphatic carbocycles. The lowest BCUT2D eigenvalue weighted by molar-refractivity contribution is 0.119. The van der Waals surface area contributed by atoms with Crippen molar-refractivity contribution in [2.45, 2.75) is 32.9 Å². The highest BCUT2D eigenvalue weighted by atomic mass is 127. The van der Waals surface area contributed by atoms with Crippen molar-refractivity contribution < 1.29 is 4.74 Å². The van der Waals surface area contributed by atoms with Crippen LogP contribution in [0.3, 0.4) is 0 Å². The molecule has 0 amide bonds. The van der Waals surface area contributed by atoms with Gasteiger partial charge in [-0.05, 0) is 32.4 Å².